The van der Waals surface area contributed by atoms with Crippen molar-refractivity contribution in [2.45, 2.75) is 18.4 Å². The highest BCUT2D eigenvalue weighted by Crippen LogP contribution is 2.44. The normalized spacial score (nSPS) is 13.2. The van der Waals surface area contributed by atoms with Gasteiger partial charge in [-0.1, -0.05) is 54.6 Å². The number of rotatable bonds is 6. The first-order chi connectivity index (χ1) is 14.9. The molecular formula is C24H20BrNO5. The molecule has 0 aromatic heterocycles. The lowest BCUT2D eigenvalue weighted by Crippen LogP contribution is -2.42. The predicted octanol–water partition coefficient (Wildman–Crippen LogP) is 4.69. The van der Waals surface area contributed by atoms with Gasteiger partial charge in [-0.2, -0.15) is 0 Å². The van der Waals surface area contributed by atoms with E-state index in [9.17, 15) is 19.8 Å². The molecule has 0 spiro atoms. The topological polar surface area (TPSA) is 95.9 Å². The minimum atomic E-state index is -1.17. The van der Waals surface area contributed by atoms with E-state index < -0.39 is 18.1 Å². The highest BCUT2D eigenvalue weighted by Gasteiger charge is 2.29. The molecule has 3 N–H and O–H groups in total. The second-order valence-corrected chi connectivity index (χ2v) is 8.20. The fraction of sp³-hybridized carbons (Fsp3) is 0.167. The lowest BCUT2D eigenvalue weighted by molar-refractivity contribution is -0.139. The summed E-state index contributed by atoms with van der Waals surface area (Å²) in [6.45, 7) is 0.108. The number of fused-ring (bicyclic) bond motifs is 3. The molecule has 0 aliphatic heterocycles. The van der Waals surface area contributed by atoms with Crippen LogP contribution in [0.15, 0.2) is 71.2 Å². The standard InChI is InChI=1S/C24H20BrNO5/c25-20-11-14(9-10-22(20)27)12-21(23(28)29)26-24(30)31-13-19-17-7-3-1-5-15(17)16-6-2-4-8-18(16)19/h1-11,19,21,27H,12-13H2,(H,26,30)(H,28,29)/t21-/m1/s1. The van der Waals surface area contributed by atoms with Crippen molar-refractivity contribution in [1.29, 1.82) is 0 Å². The first-order valence-electron chi connectivity index (χ1n) is 9.75. The number of aliphatic carboxylic acids is 1. The van der Waals surface area contributed by atoms with Crippen LogP contribution in [0.2, 0.25) is 0 Å². The van der Waals surface area contributed by atoms with Gasteiger partial charge in [-0.25, -0.2) is 9.59 Å². The molecular weight excluding hydrogens is 462 g/mol. The molecule has 0 saturated heterocycles. The number of halogens is 1. The summed E-state index contributed by atoms with van der Waals surface area (Å²) in [5.74, 6) is -1.22. The van der Waals surface area contributed by atoms with Gasteiger partial charge in [-0.3, -0.25) is 0 Å². The van der Waals surface area contributed by atoms with E-state index in [1.165, 1.54) is 6.07 Å². The minimum absolute atomic E-state index is 0.0540. The Kier molecular flexibility index (Phi) is 5.95. The lowest BCUT2D eigenvalue weighted by Gasteiger charge is -2.17. The molecule has 3 aromatic rings. The van der Waals surface area contributed by atoms with Crippen molar-refractivity contribution < 1.29 is 24.5 Å². The van der Waals surface area contributed by atoms with Gasteiger partial charge in [0.2, 0.25) is 0 Å². The number of alkyl carbamates (subject to hydrolysis) is 1. The molecule has 0 heterocycles. The number of carbonyl (C=O) groups is 2. The highest BCUT2D eigenvalue weighted by molar-refractivity contribution is 9.10. The summed E-state index contributed by atoms with van der Waals surface area (Å²) < 4.78 is 5.89. The van der Waals surface area contributed by atoms with Crippen LogP contribution in [0.1, 0.15) is 22.6 Å². The maximum absolute atomic E-state index is 12.4. The molecule has 1 aliphatic carbocycles. The molecule has 31 heavy (non-hydrogen) atoms. The number of phenolic OH excluding ortho intramolecular Hbond substituents is 1. The summed E-state index contributed by atoms with van der Waals surface area (Å²) in [4.78, 5) is 24.1. The van der Waals surface area contributed by atoms with E-state index in [4.69, 9.17) is 4.74 Å². The lowest BCUT2D eigenvalue weighted by atomic mass is 9.98. The van der Waals surface area contributed by atoms with Crippen molar-refractivity contribution in [2.24, 2.45) is 0 Å². The smallest absolute Gasteiger partial charge is 0.407 e. The Morgan fingerprint density at radius 1 is 1.00 bits per heavy atom. The molecule has 3 aromatic carbocycles. The molecule has 1 amide bonds. The average molecular weight is 482 g/mol. The first kappa shape index (κ1) is 20.9. The first-order valence-corrected chi connectivity index (χ1v) is 10.5. The Morgan fingerprint density at radius 3 is 2.19 bits per heavy atom. The number of benzene rings is 3. The molecule has 158 valence electrons. The molecule has 0 unspecified atom stereocenters. The number of aromatic hydroxyl groups is 1. The monoisotopic (exact) mass is 481 g/mol. The third-order valence-electron chi connectivity index (χ3n) is 5.39. The van der Waals surface area contributed by atoms with E-state index in [2.05, 4.69) is 21.2 Å². The number of ether oxygens (including phenoxy) is 1. The second kappa shape index (κ2) is 8.81. The molecule has 1 aliphatic rings. The van der Waals surface area contributed by atoms with Crippen LogP contribution in [0.3, 0.4) is 0 Å². The van der Waals surface area contributed by atoms with Crippen molar-refractivity contribution in [1.82, 2.24) is 5.32 Å². The average Bonchev–Trinajstić information content (AvgIpc) is 3.08. The minimum Gasteiger partial charge on any atom is -0.507 e. The number of hydrogen-bond acceptors (Lipinski definition) is 4. The molecule has 0 radical (unpaired) electrons. The van der Waals surface area contributed by atoms with Gasteiger partial charge in [0.1, 0.15) is 18.4 Å². The molecule has 1 atom stereocenters. The number of carboxylic acid groups (broad SMARTS) is 1. The molecule has 0 saturated carbocycles. The van der Waals surface area contributed by atoms with E-state index in [1.54, 1.807) is 12.1 Å². The predicted molar refractivity (Wildman–Crippen MR) is 119 cm³/mol. The Balaban J connectivity index is 1.43. The van der Waals surface area contributed by atoms with Gasteiger partial charge in [0.15, 0.2) is 0 Å². The molecule has 0 fully saturated rings. The number of nitrogens with one attached hydrogen (secondary N) is 1. The van der Waals surface area contributed by atoms with Crippen LogP contribution in [0.25, 0.3) is 11.1 Å². The molecule has 0 bridgehead atoms. The number of hydrogen-bond donors (Lipinski definition) is 3. The van der Waals surface area contributed by atoms with Crippen LogP contribution in [0.4, 0.5) is 4.79 Å². The fourth-order valence-corrected chi connectivity index (χ4v) is 4.32. The van der Waals surface area contributed by atoms with Gasteiger partial charge in [-0.05, 0) is 55.9 Å². The summed E-state index contributed by atoms with van der Waals surface area (Å²) in [5, 5.41) is 21.5. The second-order valence-electron chi connectivity index (χ2n) is 7.35. The molecule has 7 heteroatoms. The van der Waals surface area contributed by atoms with Gasteiger partial charge < -0.3 is 20.3 Å². The van der Waals surface area contributed by atoms with Gasteiger partial charge in [0.05, 0.1) is 4.47 Å². The van der Waals surface area contributed by atoms with Crippen LogP contribution >= 0.6 is 15.9 Å². The Bertz CT molecular complexity index is 1100. The number of phenols is 1. The van der Waals surface area contributed by atoms with E-state index in [0.29, 0.717) is 10.0 Å². The van der Waals surface area contributed by atoms with Crippen molar-refractivity contribution in [3.63, 3.8) is 0 Å². The van der Waals surface area contributed by atoms with Crippen LogP contribution in [0.5, 0.6) is 5.75 Å². The van der Waals surface area contributed by atoms with E-state index in [0.717, 1.165) is 22.3 Å². The summed E-state index contributed by atoms with van der Waals surface area (Å²) in [6, 6.07) is 19.5. The van der Waals surface area contributed by atoms with E-state index >= 15 is 0 Å². The van der Waals surface area contributed by atoms with Gasteiger partial charge in [0.25, 0.3) is 0 Å². The Morgan fingerprint density at radius 2 is 1.61 bits per heavy atom. The maximum atomic E-state index is 12.4. The van der Waals surface area contributed by atoms with Crippen LogP contribution in [-0.2, 0) is 16.0 Å². The summed E-state index contributed by atoms with van der Waals surface area (Å²) in [5.41, 5.74) is 5.05. The van der Waals surface area contributed by atoms with Crippen LogP contribution in [-0.4, -0.2) is 34.9 Å². The Labute approximate surface area is 187 Å². The quantitative estimate of drug-likeness (QED) is 0.474. The summed E-state index contributed by atoms with van der Waals surface area (Å²) in [6.07, 6.45) is -0.731. The van der Waals surface area contributed by atoms with E-state index in [-0.39, 0.29) is 24.7 Å². The van der Waals surface area contributed by atoms with Gasteiger partial charge >= 0.3 is 12.1 Å². The third kappa shape index (κ3) is 4.41. The zero-order valence-electron chi connectivity index (χ0n) is 16.4. The SMILES string of the molecule is O=C(N[C@H](Cc1ccc(O)c(Br)c1)C(=O)O)OCC1c2ccccc2-c2ccccc21. The van der Waals surface area contributed by atoms with Crippen molar-refractivity contribution in [3.05, 3.63) is 87.9 Å². The maximum Gasteiger partial charge on any atom is 0.407 e. The van der Waals surface area contributed by atoms with Crippen LogP contribution in [0, 0.1) is 0 Å². The van der Waals surface area contributed by atoms with Gasteiger partial charge in [0, 0.05) is 12.3 Å². The van der Waals surface area contributed by atoms with Gasteiger partial charge in [-0.15, -0.1) is 0 Å². The molecule has 6 nitrogen and oxygen atoms in total. The van der Waals surface area contributed by atoms with Crippen molar-refractivity contribution in [2.75, 3.05) is 6.61 Å². The number of carboxylic acids is 1. The third-order valence-corrected chi connectivity index (χ3v) is 6.02. The zero-order chi connectivity index (χ0) is 22.0. The van der Waals surface area contributed by atoms with Crippen molar-refractivity contribution in [3.8, 4) is 16.9 Å². The Hall–Kier alpha value is -3.32. The highest BCUT2D eigenvalue weighted by atomic mass is 79.9. The fourth-order valence-electron chi connectivity index (χ4n) is 3.90. The summed E-state index contributed by atoms with van der Waals surface area (Å²) in [7, 11) is 0. The summed E-state index contributed by atoms with van der Waals surface area (Å²) >= 11 is 3.20. The van der Waals surface area contributed by atoms with Crippen LogP contribution < -0.4 is 5.32 Å². The van der Waals surface area contributed by atoms with E-state index in [1.807, 2.05) is 48.5 Å². The number of amides is 1. The largest absolute Gasteiger partial charge is 0.507 e. The number of carbonyl (C=O) groups excluding carboxylic acids is 1. The van der Waals surface area contributed by atoms with Crippen molar-refractivity contribution >= 4 is 28.0 Å². The molecule has 4 rings (SSSR count). The zero-order valence-corrected chi connectivity index (χ0v) is 18.0.